The van der Waals surface area contributed by atoms with E-state index in [1.54, 1.807) is 6.20 Å². The molecule has 1 N–H and O–H groups in total. The van der Waals surface area contributed by atoms with Gasteiger partial charge in [0.1, 0.15) is 17.4 Å². The molecule has 120 valence electrons. The maximum Gasteiger partial charge on any atom is 0.153 e. The number of imidazole rings is 1. The molecule has 0 saturated carbocycles. The second kappa shape index (κ2) is 6.88. The molecule has 1 heterocycles. The lowest BCUT2D eigenvalue weighted by atomic mass is 10.2. The summed E-state index contributed by atoms with van der Waals surface area (Å²) in [6.07, 6.45) is 1.67. The van der Waals surface area contributed by atoms with E-state index >= 15 is 0 Å². The lowest BCUT2D eigenvalue weighted by molar-refractivity contribution is 0.342. The van der Waals surface area contributed by atoms with Crippen molar-refractivity contribution in [2.45, 2.75) is 6.92 Å². The molecule has 3 aromatic rings. The van der Waals surface area contributed by atoms with Crippen LogP contribution in [0.3, 0.4) is 0 Å². The van der Waals surface area contributed by atoms with Crippen LogP contribution in [0.15, 0.2) is 54.7 Å². The van der Waals surface area contributed by atoms with Gasteiger partial charge in [-0.2, -0.15) is 5.26 Å². The van der Waals surface area contributed by atoms with Crippen molar-refractivity contribution in [3.63, 3.8) is 0 Å². The monoisotopic (exact) mass is 318 g/mol. The fourth-order valence-electron chi connectivity index (χ4n) is 2.55. The second-order valence-electron chi connectivity index (χ2n) is 5.23. The van der Waals surface area contributed by atoms with Gasteiger partial charge in [0.05, 0.1) is 23.3 Å². The van der Waals surface area contributed by atoms with Crippen molar-refractivity contribution in [3.8, 4) is 11.8 Å². The molecule has 5 nitrogen and oxygen atoms in total. The number of anilines is 1. The molecule has 0 amide bonds. The van der Waals surface area contributed by atoms with E-state index in [4.69, 9.17) is 4.74 Å². The summed E-state index contributed by atoms with van der Waals surface area (Å²) in [5.41, 5.74) is 3.13. The molecule has 0 bridgehead atoms. The number of fused-ring (bicyclic) bond motifs is 1. The average Bonchev–Trinajstić information content (AvgIpc) is 2.94. The minimum Gasteiger partial charge on any atom is -0.492 e. The van der Waals surface area contributed by atoms with Crippen molar-refractivity contribution in [2.24, 2.45) is 7.05 Å². The molecule has 0 saturated heterocycles. The lowest BCUT2D eigenvalue weighted by Gasteiger charge is -2.09. The number of hydrogen-bond acceptors (Lipinski definition) is 4. The van der Waals surface area contributed by atoms with Crippen LogP contribution in [0, 0.1) is 11.3 Å². The van der Waals surface area contributed by atoms with Crippen LogP contribution >= 0.6 is 0 Å². The number of allylic oxidation sites excluding steroid dienone is 1. The molecule has 2 aromatic carbocycles. The number of hydrogen-bond donors (Lipinski definition) is 1. The Balaban J connectivity index is 1.95. The molecular weight excluding hydrogens is 300 g/mol. The molecule has 0 radical (unpaired) electrons. The summed E-state index contributed by atoms with van der Waals surface area (Å²) in [4.78, 5) is 4.56. The van der Waals surface area contributed by atoms with Crippen LogP contribution in [0.5, 0.6) is 5.75 Å². The summed E-state index contributed by atoms with van der Waals surface area (Å²) in [6, 6.07) is 17.7. The first-order chi connectivity index (χ1) is 11.7. The van der Waals surface area contributed by atoms with Crippen molar-refractivity contribution in [2.75, 3.05) is 11.9 Å². The van der Waals surface area contributed by atoms with Gasteiger partial charge >= 0.3 is 0 Å². The van der Waals surface area contributed by atoms with Gasteiger partial charge in [-0.05, 0) is 31.2 Å². The summed E-state index contributed by atoms with van der Waals surface area (Å²) in [5, 5.41) is 12.7. The first-order valence-corrected chi connectivity index (χ1v) is 7.75. The van der Waals surface area contributed by atoms with Gasteiger partial charge in [0, 0.05) is 13.2 Å². The number of nitrogens with one attached hydrogen (secondary N) is 1. The van der Waals surface area contributed by atoms with Crippen LogP contribution in [0.2, 0.25) is 0 Å². The van der Waals surface area contributed by atoms with E-state index in [-0.39, 0.29) is 0 Å². The van der Waals surface area contributed by atoms with Crippen LogP contribution in [0.1, 0.15) is 12.7 Å². The highest BCUT2D eigenvalue weighted by Crippen LogP contribution is 2.25. The number of benzene rings is 2. The van der Waals surface area contributed by atoms with Crippen molar-refractivity contribution >= 4 is 22.3 Å². The summed E-state index contributed by atoms with van der Waals surface area (Å²) in [5.74, 6) is 1.37. The maximum absolute atomic E-state index is 9.54. The van der Waals surface area contributed by atoms with Crippen molar-refractivity contribution in [3.05, 3.63) is 60.6 Å². The van der Waals surface area contributed by atoms with Crippen molar-refractivity contribution in [1.29, 1.82) is 5.26 Å². The van der Waals surface area contributed by atoms with E-state index in [0.717, 1.165) is 22.5 Å². The standard InChI is InChI=1S/C19H18N4O/c1-3-24-18-11-7-5-9-16(18)21-13-14(12-20)19-22-15-8-4-6-10-17(15)23(19)2/h4-11,13,21H,3H2,1-2H3/b14-13+. The Morgan fingerprint density at radius 3 is 2.75 bits per heavy atom. The minimum absolute atomic E-state index is 0.458. The third-order valence-electron chi connectivity index (χ3n) is 3.71. The summed E-state index contributed by atoms with van der Waals surface area (Å²) < 4.78 is 7.50. The highest BCUT2D eigenvalue weighted by Gasteiger charge is 2.12. The Morgan fingerprint density at radius 1 is 1.25 bits per heavy atom. The Hall–Kier alpha value is -3.26. The largest absolute Gasteiger partial charge is 0.492 e. The van der Waals surface area contributed by atoms with Gasteiger partial charge < -0.3 is 14.6 Å². The number of nitrogens with zero attached hydrogens (tertiary/aromatic N) is 3. The van der Waals surface area contributed by atoms with E-state index in [1.165, 1.54) is 0 Å². The molecule has 0 aliphatic carbocycles. The number of aryl methyl sites for hydroxylation is 1. The molecular formula is C19H18N4O. The van der Waals surface area contributed by atoms with Crippen LogP contribution in [0.25, 0.3) is 16.6 Å². The third-order valence-corrected chi connectivity index (χ3v) is 3.71. The Kier molecular flexibility index (Phi) is 4.48. The van der Waals surface area contributed by atoms with Crippen LogP contribution in [-0.2, 0) is 7.05 Å². The number of rotatable bonds is 5. The molecule has 24 heavy (non-hydrogen) atoms. The van der Waals surface area contributed by atoms with E-state index in [1.807, 2.05) is 67.1 Å². The molecule has 5 heteroatoms. The molecule has 0 spiro atoms. The van der Waals surface area contributed by atoms with E-state index in [9.17, 15) is 5.26 Å². The second-order valence-corrected chi connectivity index (χ2v) is 5.23. The summed E-state index contributed by atoms with van der Waals surface area (Å²) in [6.45, 7) is 2.52. The Morgan fingerprint density at radius 2 is 2.00 bits per heavy atom. The van der Waals surface area contributed by atoms with Gasteiger partial charge in [-0.15, -0.1) is 0 Å². The van der Waals surface area contributed by atoms with Gasteiger partial charge in [0.2, 0.25) is 0 Å². The van der Waals surface area contributed by atoms with Gasteiger partial charge in [0.15, 0.2) is 5.82 Å². The summed E-state index contributed by atoms with van der Waals surface area (Å²) in [7, 11) is 1.91. The lowest BCUT2D eigenvalue weighted by Crippen LogP contribution is -2.00. The van der Waals surface area contributed by atoms with Gasteiger partial charge in [-0.1, -0.05) is 24.3 Å². The fourth-order valence-corrected chi connectivity index (χ4v) is 2.55. The molecule has 1 aromatic heterocycles. The van der Waals surface area contributed by atoms with Crippen LogP contribution in [0.4, 0.5) is 5.69 Å². The predicted molar refractivity (Wildman–Crippen MR) is 95.5 cm³/mol. The topological polar surface area (TPSA) is 62.9 Å². The number of aromatic nitrogens is 2. The smallest absolute Gasteiger partial charge is 0.153 e. The van der Waals surface area contributed by atoms with Crippen molar-refractivity contribution < 1.29 is 4.74 Å². The highest BCUT2D eigenvalue weighted by molar-refractivity contribution is 5.83. The van der Waals surface area contributed by atoms with Gasteiger partial charge in [-0.3, -0.25) is 0 Å². The summed E-state index contributed by atoms with van der Waals surface area (Å²) >= 11 is 0. The van der Waals surface area contributed by atoms with Crippen LogP contribution < -0.4 is 10.1 Å². The Bertz CT molecular complexity index is 934. The van der Waals surface area contributed by atoms with E-state index in [2.05, 4.69) is 16.4 Å². The fraction of sp³-hybridized carbons (Fsp3) is 0.158. The third kappa shape index (κ3) is 2.95. The van der Waals surface area contributed by atoms with Gasteiger partial charge in [0.25, 0.3) is 0 Å². The minimum atomic E-state index is 0.458. The SMILES string of the molecule is CCOc1ccccc1N/C=C(\C#N)c1nc2ccccc2n1C. The average molecular weight is 318 g/mol. The zero-order valence-corrected chi connectivity index (χ0v) is 13.7. The maximum atomic E-state index is 9.54. The molecule has 3 rings (SSSR count). The highest BCUT2D eigenvalue weighted by atomic mass is 16.5. The van der Waals surface area contributed by atoms with Gasteiger partial charge in [-0.25, -0.2) is 4.98 Å². The number of para-hydroxylation sites is 4. The van der Waals surface area contributed by atoms with Crippen LogP contribution in [-0.4, -0.2) is 16.2 Å². The molecule has 0 aliphatic heterocycles. The normalized spacial score (nSPS) is 11.3. The zero-order valence-electron chi connectivity index (χ0n) is 13.7. The predicted octanol–water partition coefficient (Wildman–Crippen LogP) is 3.95. The quantitative estimate of drug-likeness (QED) is 0.724. The van der Waals surface area contributed by atoms with Crippen molar-refractivity contribution in [1.82, 2.24) is 9.55 Å². The zero-order chi connectivity index (χ0) is 16.9. The molecule has 0 fully saturated rings. The molecule has 0 unspecified atom stereocenters. The first-order valence-electron chi connectivity index (χ1n) is 7.75. The number of ether oxygens (including phenoxy) is 1. The van der Waals surface area contributed by atoms with E-state index in [0.29, 0.717) is 18.0 Å². The Labute approximate surface area is 140 Å². The molecule has 0 aliphatic rings. The van der Waals surface area contributed by atoms with E-state index < -0.39 is 0 Å². The number of nitriles is 1. The first kappa shape index (κ1) is 15.6. The molecule has 0 atom stereocenters.